The Morgan fingerprint density at radius 2 is 0.915 bits per heavy atom. The SMILES string of the molecule is [C-]#[N+]c1cc(C#N)cc(-c2ccc3c(c2)c2cc(-c4cc([N+]#[C-])cc([N+]#[C-])c4)ccc2n3-c2cc(C#N)ccc2-c2nc(-c3ccccc3)nc(-c3ccccc3)n2)c1. The van der Waals surface area contributed by atoms with Gasteiger partial charge >= 0.3 is 0 Å². The van der Waals surface area contributed by atoms with Gasteiger partial charge in [-0.25, -0.2) is 29.5 Å². The standard InChI is InChI=1S/C50H25N9/c1-53-39-21-32(30-52)20-37(23-39)35-15-18-45-43(26-35)44-27-36(38-24-40(54-2)28-41(25-38)55-3)16-19-46(44)59(45)47-22-31(29-51)14-17-42(47)50-57-48(33-10-6-4-7-11-33)56-49(58-50)34-12-8-5-9-13-34/h4-28H. The molecule has 9 nitrogen and oxygen atoms in total. The van der Waals surface area contributed by atoms with Crippen molar-refractivity contribution in [3.63, 3.8) is 0 Å². The van der Waals surface area contributed by atoms with Gasteiger partial charge in [0.15, 0.2) is 34.5 Å². The lowest BCUT2D eigenvalue weighted by atomic mass is 9.98. The van der Waals surface area contributed by atoms with Crippen molar-refractivity contribution in [1.82, 2.24) is 19.5 Å². The van der Waals surface area contributed by atoms with Gasteiger partial charge in [-0.05, 0) is 82.9 Å². The van der Waals surface area contributed by atoms with Crippen molar-refractivity contribution < 1.29 is 0 Å². The minimum Gasteiger partial charge on any atom is -0.308 e. The molecule has 0 atom stereocenters. The summed E-state index contributed by atoms with van der Waals surface area (Å²) >= 11 is 0. The Kier molecular flexibility index (Phi) is 8.90. The number of fused-ring (bicyclic) bond motifs is 3. The van der Waals surface area contributed by atoms with Crippen LogP contribution < -0.4 is 0 Å². The van der Waals surface area contributed by atoms with Crippen LogP contribution in [0.25, 0.3) is 98.4 Å². The number of rotatable bonds is 6. The molecular weight excluding hydrogens is 727 g/mol. The summed E-state index contributed by atoms with van der Waals surface area (Å²) in [7, 11) is 0. The summed E-state index contributed by atoms with van der Waals surface area (Å²) in [5, 5.41) is 21.7. The zero-order chi connectivity index (χ0) is 40.5. The Morgan fingerprint density at radius 1 is 0.424 bits per heavy atom. The number of nitriles is 2. The van der Waals surface area contributed by atoms with Crippen LogP contribution in [0.2, 0.25) is 0 Å². The van der Waals surface area contributed by atoms with Crippen LogP contribution >= 0.6 is 0 Å². The first-order chi connectivity index (χ1) is 29.0. The normalized spacial score (nSPS) is 10.6. The van der Waals surface area contributed by atoms with Gasteiger partial charge in [-0.1, -0.05) is 91.0 Å². The first kappa shape index (κ1) is 35.5. The fourth-order valence-corrected chi connectivity index (χ4v) is 7.34. The van der Waals surface area contributed by atoms with E-state index in [1.807, 2.05) is 109 Å². The van der Waals surface area contributed by atoms with Gasteiger partial charge in [0, 0.05) is 33.0 Å². The first-order valence-corrected chi connectivity index (χ1v) is 18.3. The van der Waals surface area contributed by atoms with Crippen LogP contribution in [0.5, 0.6) is 0 Å². The molecule has 0 unspecified atom stereocenters. The van der Waals surface area contributed by atoms with Crippen LogP contribution in [-0.4, -0.2) is 19.5 Å². The summed E-state index contributed by atoms with van der Waals surface area (Å²) in [4.78, 5) is 25.8. The van der Waals surface area contributed by atoms with Crippen molar-refractivity contribution in [3.8, 4) is 74.2 Å². The average molecular weight is 752 g/mol. The summed E-state index contributed by atoms with van der Waals surface area (Å²) in [6, 6.07) is 51.7. The molecule has 0 fully saturated rings. The fraction of sp³-hybridized carbons (Fsp3) is 0. The minimum absolute atomic E-state index is 0.360. The summed E-state index contributed by atoms with van der Waals surface area (Å²) in [6.45, 7) is 23.0. The van der Waals surface area contributed by atoms with Gasteiger partial charge in [-0.2, -0.15) is 10.5 Å². The molecule has 59 heavy (non-hydrogen) atoms. The molecule has 0 spiro atoms. The van der Waals surface area contributed by atoms with Crippen LogP contribution in [0.15, 0.2) is 152 Å². The largest absolute Gasteiger partial charge is 0.308 e. The van der Waals surface area contributed by atoms with E-state index in [-0.39, 0.29) is 0 Å². The van der Waals surface area contributed by atoms with Crippen molar-refractivity contribution in [2.75, 3.05) is 0 Å². The third kappa shape index (κ3) is 6.54. The maximum Gasteiger partial charge on any atom is 0.189 e. The number of hydrogen-bond acceptors (Lipinski definition) is 5. The van der Waals surface area contributed by atoms with E-state index in [2.05, 4.69) is 31.2 Å². The number of hydrogen-bond donors (Lipinski definition) is 0. The summed E-state index contributed by atoms with van der Waals surface area (Å²) in [5.41, 5.74) is 9.60. The van der Waals surface area contributed by atoms with Crippen LogP contribution in [0.4, 0.5) is 17.1 Å². The zero-order valence-electron chi connectivity index (χ0n) is 31.0. The smallest absolute Gasteiger partial charge is 0.189 e. The van der Waals surface area contributed by atoms with Crippen molar-refractivity contribution in [2.45, 2.75) is 0 Å². The summed E-state index contributed by atoms with van der Waals surface area (Å²) in [5.74, 6) is 1.42. The first-order valence-electron chi connectivity index (χ1n) is 18.3. The predicted octanol–water partition coefficient (Wildman–Crippen LogP) is 12.7. The molecular formula is C50H25N9. The van der Waals surface area contributed by atoms with Crippen molar-refractivity contribution in [1.29, 1.82) is 10.5 Å². The third-order valence-corrected chi connectivity index (χ3v) is 10.1. The van der Waals surface area contributed by atoms with Gasteiger partial charge in [0.1, 0.15) is 0 Å². The molecule has 0 bridgehead atoms. The Labute approximate surface area is 339 Å². The number of aromatic nitrogens is 4. The van der Waals surface area contributed by atoms with Crippen LogP contribution in [0, 0.1) is 42.4 Å². The summed E-state index contributed by atoms with van der Waals surface area (Å²) in [6.07, 6.45) is 0. The molecule has 2 aromatic heterocycles. The van der Waals surface area contributed by atoms with E-state index in [0.29, 0.717) is 56.9 Å². The highest BCUT2D eigenvalue weighted by atomic mass is 15.1. The van der Waals surface area contributed by atoms with E-state index in [1.54, 1.807) is 42.5 Å². The van der Waals surface area contributed by atoms with Gasteiger partial charge in [-0.15, -0.1) is 0 Å². The maximum absolute atomic E-state index is 10.2. The number of benzene rings is 7. The van der Waals surface area contributed by atoms with E-state index in [9.17, 15) is 10.5 Å². The van der Waals surface area contributed by atoms with Crippen molar-refractivity contribution in [3.05, 3.63) is 197 Å². The lowest BCUT2D eigenvalue weighted by molar-refractivity contribution is 1.06. The molecule has 0 amide bonds. The second-order valence-corrected chi connectivity index (χ2v) is 13.6. The van der Waals surface area contributed by atoms with Crippen molar-refractivity contribution in [2.24, 2.45) is 0 Å². The molecule has 2 heterocycles. The second-order valence-electron chi connectivity index (χ2n) is 13.6. The quantitative estimate of drug-likeness (QED) is 0.157. The highest BCUT2D eigenvalue weighted by Crippen LogP contribution is 2.41. The molecule has 0 aliphatic rings. The average Bonchev–Trinajstić information content (AvgIpc) is 3.64. The van der Waals surface area contributed by atoms with E-state index in [1.165, 1.54) is 0 Å². The van der Waals surface area contributed by atoms with Crippen LogP contribution in [-0.2, 0) is 0 Å². The Hall–Kier alpha value is -9.20. The van der Waals surface area contributed by atoms with Gasteiger partial charge in [0.2, 0.25) is 0 Å². The van der Waals surface area contributed by atoms with Gasteiger partial charge in [0.05, 0.1) is 54.1 Å². The molecule has 0 radical (unpaired) electrons. The molecule has 0 aliphatic carbocycles. The molecule has 0 aliphatic heterocycles. The molecule has 9 heteroatoms. The monoisotopic (exact) mass is 751 g/mol. The highest BCUT2D eigenvalue weighted by Gasteiger charge is 2.21. The van der Waals surface area contributed by atoms with Gasteiger partial charge in [0.25, 0.3) is 0 Å². The molecule has 270 valence electrons. The zero-order valence-corrected chi connectivity index (χ0v) is 31.0. The Bertz CT molecular complexity index is 3130. The third-order valence-electron chi connectivity index (χ3n) is 10.1. The molecule has 0 saturated carbocycles. The molecule has 9 rings (SSSR count). The lowest BCUT2D eigenvalue weighted by Crippen LogP contribution is -2.04. The lowest BCUT2D eigenvalue weighted by Gasteiger charge is -2.15. The van der Waals surface area contributed by atoms with Gasteiger partial charge in [-0.3, -0.25) is 0 Å². The molecule has 0 N–H and O–H groups in total. The minimum atomic E-state index is 0.360. The predicted molar refractivity (Wildman–Crippen MR) is 230 cm³/mol. The Morgan fingerprint density at radius 3 is 1.42 bits per heavy atom. The van der Waals surface area contributed by atoms with E-state index in [4.69, 9.17) is 34.7 Å². The topological polar surface area (TPSA) is 104 Å². The maximum atomic E-state index is 10.2. The van der Waals surface area contributed by atoms with Crippen LogP contribution in [0.1, 0.15) is 11.1 Å². The van der Waals surface area contributed by atoms with E-state index >= 15 is 0 Å². The second kappa shape index (κ2) is 14.8. The van der Waals surface area contributed by atoms with Crippen molar-refractivity contribution >= 4 is 38.9 Å². The summed E-state index contributed by atoms with van der Waals surface area (Å²) < 4.78 is 2.10. The van der Waals surface area contributed by atoms with E-state index < -0.39 is 0 Å². The number of nitrogens with zero attached hydrogens (tertiary/aromatic N) is 9. The molecule has 7 aromatic carbocycles. The fourth-order valence-electron chi connectivity index (χ4n) is 7.34. The van der Waals surface area contributed by atoms with E-state index in [0.717, 1.165) is 55.2 Å². The molecule has 9 aromatic rings. The van der Waals surface area contributed by atoms with Gasteiger partial charge < -0.3 is 4.57 Å². The highest BCUT2D eigenvalue weighted by molar-refractivity contribution is 6.12. The van der Waals surface area contributed by atoms with Crippen LogP contribution in [0.3, 0.4) is 0 Å². The Balaban J connectivity index is 1.35. The molecule has 0 saturated heterocycles.